The van der Waals surface area contributed by atoms with Crippen LogP contribution < -0.4 is 5.32 Å². The van der Waals surface area contributed by atoms with Crippen molar-refractivity contribution in [2.24, 2.45) is 0 Å². The molecular formula is C26H30FN3O5S. The molecule has 1 N–H and O–H groups in total. The van der Waals surface area contributed by atoms with Gasteiger partial charge in [-0.15, -0.1) is 0 Å². The minimum atomic E-state index is -4.06. The molecule has 1 atom stereocenters. The first-order valence-corrected chi connectivity index (χ1v) is 13.6. The average molecular weight is 516 g/mol. The predicted octanol–water partition coefficient (Wildman–Crippen LogP) is 3.23. The lowest BCUT2D eigenvalue weighted by atomic mass is 9.95. The van der Waals surface area contributed by atoms with E-state index >= 15 is 0 Å². The van der Waals surface area contributed by atoms with Gasteiger partial charge in [0, 0.05) is 31.1 Å². The fourth-order valence-corrected chi connectivity index (χ4v) is 6.32. The van der Waals surface area contributed by atoms with Crippen LogP contribution in [0, 0.1) is 5.82 Å². The van der Waals surface area contributed by atoms with Crippen LogP contribution in [0.5, 0.6) is 0 Å². The first-order valence-electron chi connectivity index (χ1n) is 12.2. The number of hydrogen-bond acceptors (Lipinski definition) is 5. The molecule has 2 aromatic rings. The molecule has 0 spiro atoms. The SMILES string of the molecule is C[C@H](C(=O)NC1CCCCC1)N(Cc1ccccc1F)C(=O)CCN1C(=O)c2ccccc2S1(=O)=O. The fourth-order valence-electron chi connectivity index (χ4n) is 4.75. The highest BCUT2D eigenvalue weighted by Gasteiger charge is 2.41. The van der Waals surface area contributed by atoms with E-state index in [4.69, 9.17) is 0 Å². The van der Waals surface area contributed by atoms with Gasteiger partial charge in [-0.05, 0) is 38.0 Å². The molecule has 1 aliphatic carbocycles. The van der Waals surface area contributed by atoms with Gasteiger partial charge in [0.1, 0.15) is 16.8 Å². The highest BCUT2D eigenvalue weighted by Crippen LogP contribution is 2.30. The number of amides is 3. The summed E-state index contributed by atoms with van der Waals surface area (Å²) >= 11 is 0. The number of halogens is 1. The molecule has 1 saturated carbocycles. The van der Waals surface area contributed by atoms with E-state index in [1.165, 1.54) is 41.3 Å². The van der Waals surface area contributed by atoms with Crippen LogP contribution in [0.15, 0.2) is 53.4 Å². The summed E-state index contributed by atoms with van der Waals surface area (Å²) in [5.74, 6) is -2.10. The highest BCUT2D eigenvalue weighted by atomic mass is 32.2. The number of nitrogens with zero attached hydrogens (tertiary/aromatic N) is 2. The lowest BCUT2D eigenvalue weighted by Crippen LogP contribution is -2.51. The molecule has 2 aliphatic rings. The lowest BCUT2D eigenvalue weighted by Gasteiger charge is -2.31. The van der Waals surface area contributed by atoms with Gasteiger partial charge in [0.25, 0.3) is 15.9 Å². The van der Waals surface area contributed by atoms with Crippen molar-refractivity contribution in [2.45, 2.75) is 69.0 Å². The number of sulfonamides is 1. The molecule has 0 radical (unpaired) electrons. The Labute approximate surface area is 210 Å². The summed E-state index contributed by atoms with van der Waals surface area (Å²) in [6, 6.07) is 11.0. The van der Waals surface area contributed by atoms with Crippen molar-refractivity contribution in [2.75, 3.05) is 6.54 Å². The minimum absolute atomic E-state index is 0.0324. The Morgan fingerprint density at radius 1 is 1.08 bits per heavy atom. The van der Waals surface area contributed by atoms with Crippen LogP contribution in [0.3, 0.4) is 0 Å². The zero-order valence-corrected chi connectivity index (χ0v) is 21.0. The van der Waals surface area contributed by atoms with Gasteiger partial charge in [-0.2, -0.15) is 0 Å². The summed E-state index contributed by atoms with van der Waals surface area (Å²) in [4.78, 5) is 40.2. The van der Waals surface area contributed by atoms with Crippen LogP contribution in [0.25, 0.3) is 0 Å². The lowest BCUT2D eigenvalue weighted by molar-refractivity contribution is -0.141. The van der Waals surface area contributed by atoms with E-state index in [-0.39, 0.29) is 47.5 Å². The molecule has 2 aromatic carbocycles. The van der Waals surface area contributed by atoms with Crippen molar-refractivity contribution in [1.82, 2.24) is 14.5 Å². The third kappa shape index (κ3) is 5.28. The smallest absolute Gasteiger partial charge is 0.269 e. The summed E-state index contributed by atoms with van der Waals surface area (Å²) in [5, 5.41) is 3.00. The maximum absolute atomic E-state index is 14.4. The third-order valence-corrected chi connectivity index (χ3v) is 8.70. The van der Waals surface area contributed by atoms with Gasteiger partial charge in [-0.3, -0.25) is 14.4 Å². The second-order valence-electron chi connectivity index (χ2n) is 9.26. The van der Waals surface area contributed by atoms with Crippen LogP contribution in [-0.4, -0.2) is 54.0 Å². The van der Waals surface area contributed by atoms with Crippen LogP contribution in [0.1, 0.15) is 61.4 Å². The van der Waals surface area contributed by atoms with Gasteiger partial charge in [0.05, 0.1) is 5.56 Å². The average Bonchev–Trinajstić information content (AvgIpc) is 3.07. The molecule has 8 nitrogen and oxygen atoms in total. The van der Waals surface area contributed by atoms with E-state index in [1.54, 1.807) is 19.1 Å². The van der Waals surface area contributed by atoms with E-state index in [1.807, 2.05) is 0 Å². The molecule has 192 valence electrons. The Morgan fingerprint density at radius 3 is 2.44 bits per heavy atom. The standard InChI is InChI=1S/C26H30FN3O5S/c1-18(25(32)28-20-10-3-2-4-11-20)29(17-19-9-5-7-13-22(19)27)24(31)15-16-30-26(33)21-12-6-8-14-23(21)36(30,34)35/h5-9,12-14,18,20H,2-4,10-11,15-17H2,1H3,(H,28,32)/t18-/m1/s1. The summed E-state index contributed by atoms with van der Waals surface area (Å²) < 4.78 is 40.8. The highest BCUT2D eigenvalue weighted by molar-refractivity contribution is 7.90. The molecule has 3 amide bonds. The van der Waals surface area contributed by atoms with E-state index in [0.717, 1.165) is 32.1 Å². The van der Waals surface area contributed by atoms with E-state index in [9.17, 15) is 27.2 Å². The number of carbonyl (C=O) groups excluding carboxylic acids is 3. The number of fused-ring (bicyclic) bond motifs is 1. The molecule has 0 saturated heterocycles. The van der Waals surface area contributed by atoms with E-state index < -0.39 is 33.7 Å². The van der Waals surface area contributed by atoms with Gasteiger partial charge in [0.15, 0.2) is 0 Å². The van der Waals surface area contributed by atoms with Crippen molar-refractivity contribution in [1.29, 1.82) is 0 Å². The first-order chi connectivity index (χ1) is 17.2. The molecular weight excluding hydrogens is 485 g/mol. The number of nitrogens with one attached hydrogen (secondary N) is 1. The Balaban J connectivity index is 1.51. The van der Waals surface area contributed by atoms with Crippen molar-refractivity contribution in [3.63, 3.8) is 0 Å². The summed E-state index contributed by atoms with van der Waals surface area (Å²) in [6.07, 6.45) is 4.58. The molecule has 0 aromatic heterocycles. The van der Waals surface area contributed by atoms with Crippen molar-refractivity contribution < 1.29 is 27.2 Å². The van der Waals surface area contributed by atoms with E-state index in [0.29, 0.717) is 4.31 Å². The largest absolute Gasteiger partial charge is 0.352 e. The fraction of sp³-hybridized carbons (Fsp3) is 0.423. The van der Waals surface area contributed by atoms with Gasteiger partial charge < -0.3 is 10.2 Å². The zero-order valence-electron chi connectivity index (χ0n) is 20.2. The summed E-state index contributed by atoms with van der Waals surface area (Å²) in [5.41, 5.74) is 0.300. The number of benzene rings is 2. The second-order valence-corrected chi connectivity index (χ2v) is 11.1. The Morgan fingerprint density at radius 2 is 1.75 bits per heavy atom. The Kier molecular flexibility index (Phi) is 7.73. The van der Waals surface area contributed by atoms with Gasteiger partial charge in [-0.1, -0.05) is 49.6 Å². The van der Waals surface area contributed by atoms with Gasteiger partial charge in [0.2, 0.25) is 11.8 Å². The third-order valence-electron chi connectivity index (χ3n) is 6.86. The first kappa shape index (κ1) is 25.8. The van der Waals surface area contributed by atoms with Crippen LogP contribution in [-0.2, 0) is 26.2 Å². The quantitative estimate of drug-likeness (QED) is 0.581. The molecule has 1 fully saturated rings. The van der Waals surface area contributed by atoms with Crippen molar-refractivity contribution in [3.05, 3.63) is 65.5 Å². The molecule has 0 unspecified atom stereocenters. The van der Waals surface area contributed by atoms with Gasteiger partial charge in [-0.25, -0.2) is 17.1 Å². The number of hydrogen-bond donors (Lipinski definition) is 1. The van der Waals surface area contributed by atoms with E-state index in [2.05, 4.69) is 5.32 Å². The maximum Gasteiger partial charge on any atom is 0.269 e. The maximum atomic E-state index is 14.4. The zero-order chi connectivity index (χ0) is 25.9. The van der Waals surface area contributed by atoms with Gasteiger partial charge >= 0.3 is 0 Å². The summed E-state index contributed by atoms with van der Waals surface area (Å²) in [7, 11) is -4.06. The topological polar surface area (TPSA) is 104 Å². The minimum Gasteiger partial charge on any atom is -0.352 e. The predicted molar refractivity (Wildman–Crippen MR) is 131 cm³/mol. The second kappa shape index (κ2) is 10.8. The number of carbonyl (C=O) groups is 3. The van der Waals surface area contributed by atoms with Crippen LogP contribution in [0.4, 0.5) is 4.39 Å². The van der Waals surface area contributed by atoms with Crippen molar-refractivity contribution in [3.8, 4) is 0 Å². The molecule has 0 bridgehead atoms. The molecule has 4 rings (SSSR count). The normalized spacial score (nSPS) is 17.9. The summed E-state index contributed by atoms with van der Waals surface area (Å²) in [6.45, 7) is 1.04. The molecule has 36 heavy (non-hydrogen) atoms. The van der Waals surface area contributed by atoms with Crippen LogP contribution in [0.2, 0.25) is 0 Å². The van der Waals surface area contributed by atoms with Crippen LogP contribution >= 0.6 is 0 Å². The number of rotatable bonds is 8. The molecule has 1 aliphatic heterocycles. The molecule has 1 heterocycles. The monoisotopic (exact) mass is 515 g/mol. The Bertz CT molecular complexity index is 1260. The Hall–Kier alpha value is -3.27. The van der Waals surface area contributed by atoms with Crippen molar-refractivity contribution >= 4 is 27.7 Å². The molecule has 10 heteroatoms.